The maximum atomic E-state index is 9.05. The van der Waals surface area contributed by atoms with Crippen LogP contribution >= 0.6 is 11.8 Å². The van der Waals surface area contributed by atoms with Crippen LogP contribution in [-0.2, 0) is 6.54 Å². The summed E-state index contributed by atoms with van der Waals surface area (Å²) >= 11 is 1.76. The minimum atomic E-state index is -0.269. The molecule has 0 bridgehead atoms. The monoisotopic (exact) mass is 254 g/mol. The summed E-state index contributed by atoms with van der Waals surface area (Å²) in [5, 5.41) is 15.6. The number of aliphatic hydroxyl groups is 1. The van der Waals surface area contributed by atoms with Crippen molar-refractivity contribution in [3.05, 3.63) is 29.8 Å². The van der Waals surface area contributed by atoms with E-state index in [9.17, 15) is 0 Å². The standard InChI is InChI=1S/C13H22N2OS/c1-11(16)9-14-7-8-15-10-12-3-5-13(17-2)6-4-12/h3-6,11,14-16H,7-10H2,1-2H3/t11-/m0/s1. The van der Waals surface area contributed by atoms with Gasteiger partial charge in [-0.2, -0.15) is 0 Å². The zero-order valence-corrected chi connectivity index (χ0v) is 11.4. The normalized spacial score (nSPS) is 12.6. The molecule has 0 aliphatic rings. The van der Waals surface area contributed by atoms with Crippen LogP contribution in [-0.4, -0.2) is 37.1 Å². The molecule has 0 fully saturated rings. The van der Waals surface area contributed by atoms with E-state index in [4.69, 9.17) is 5.11 Å². The highest BCUT2D eigenvalue weighted by Crippen LogP contribution is 2.14. The topological polar surface area (TPSA) is 44.3 Å². The van der Waals surface area contributed by atoms with Crippen LogP contribution in [0.2, 0.25) is 0 Å². The number of nitrogens with one attached hydrogen (secondary N) is 2. The molecule has 17 heavy (non-hydrogen) atoms. The lowest BCUT2D eigenvalue weighted by Gasteiger charge is -2.08. The maximum Gasteiger partial charge on any atom is 0.0636 e. The number of benzene rings is 1. The summed E-state index contributed by atoms with van der Waals surface area (Å²) in [7, 11) is 0. The molecule has 1 aromatic carbocycles. The number of rotatable bonds is 8. The van der Waals surface area contributed by atoms with Crippen molar-refractivity contribution in [2.24, 2.45) is 0 Å². The van der Waals surface area contributed by atoms with Crippen molar-refractivity contribution in [1.82, 2.24) is 10.6 Å². The van der Waals surface area contributed by atoms with Gasteiger partial charge in [0.2, 0.25) is 0 Å². The van der Waals surface area contributed by atoms with Crippen LogP contribution in [0.15, 0.2) is 29.2 Å². The zero-order valence-electron chi connectivity index (χ0n) is 10.6. The number of thioether (sulfide) groups is 1. The minimum absolute atomic E-state index is 0.269. The van der Waals surface area contributed by atoms with E-state index < -0.39 is 0 Å². The molecule has 0 aliphatic carbocycles. The third kappa shape index (κ3) is 6.68. The van der Waals surface area contributed by atoms with E-state index in [0.717, 1.165) is 19.6 Å². The van der Waals surface area contributed by atoms with Crippen molar-refractivity contribution in [3.8, 4) is 0 Å². The Balaban J connectivity index is 2.09. The van der Waals surface area contributed by atoms with E-state index in [2.05, 4.69) is 41.2 Å². The fourth-order valence-electron chi connectivity index (χ4n) is 1.46. The quantitative estimate of drug-likeness (QED) is 0.485. The van der Waals surface area contributed by atoms with Gasteiger partial charge in [-0.3, -0.25) is 0 Å². The van der Waals surface area contributed by atoms with Crippen LogP contribution in [0.4, 0.5) is 0 Å². The van der Waals surface area contributed by atoms with Gasteiger partial charge < -0.3 is 15.7 Å². The summed E-state index contributed by atoms with van der Waals surface area (Å²) < 4.78 is 0. The van der Waals surface area contributed by atoms with Crippen molar-refractivity contribution < 1.29 is 5.11 Å². The van der Waals surface area contributed by atoms with Crippen LogP contribution in [0.1, 0.15) is 12.5 Å². The SMILES string of the molecule is CSc1ccc(CNCCNC[C@H](C)O)cc1. The number of aliphatic hydroxyl groups excluding tert-OH is 1. The Labute approximate surface area is 108 Å². The molecule has 1 atom stereocenters. The van der Waals surface area contributed by atoms with E-state index >= 15 is 0 Å². The summed E-state index contributed by atoms with van der Waals surface area (Å²) in [5.41, 5.74) is 1.30. The molecule has 0 saturated carbocycles. The maximum absolute atomic E-state index is 9.05. The van der Waals surface area contributed by atoms with Crippen LogP contribution in [0.3, 0.4) is 0 Å². The van der Waals surface area contributed by atoms with Crippen molar-refractivity contribution >= 4 is 11.8 Å². The van der Waals surface area contributed by atoms with Crippen LogP contribution < -0.4 is 10.6 Å². The average Bonchev–Trinajstić information content (AvgIpc) is 2.34. The Kier molecular flexibility index (Phi) is 7.28. The fraction of sp³-hybridized carbons (Fsp3) is 0.538. The highest BCUT2D eigenvalue weighted by Gasteiger charge is 1.95. The average molecular weight is 254 g/mol. The second-order valence-corrected chi connectivity index (χ2v) is 4.96. The molecule has 3 N–H and O–H groups in total. The molecule has 0 unspecified atom stereocenters. The first-order valence-electron chi connectivity index (χ1n) is 5.95. The third-order valence-corrected chi connectivity index (χ3v) is 3.15. The van der Waals surface area contributed by atoms with E-state index in [-0.39, 0.29) is 6.10 Å². The molecule has 0 spiro atoms. The fourth-order valence-corrected chi connectivity index (χ4v) is 1.87. The first-order valence-corrected chi connectivity index (χ1v) is 7.17. The lowest BCUT2D eigenvalue weighted by Crippen LogP contribution is -2.31. The van der Waals surface area contributed by atoms with Crippen LogP contribution in [0, 0.1) is 0 Å². The van der Waals surface area contributed by atoms with Crippen molar-refractivity contribution in [2.75, 3.05) is 25.9 Å². The molecule has 3 nitrogen and oxygen atoms in total. The largest absolute Gasteiger partial charge is 0.392 e. The summed E-state index contributed by atoms with van der Waals surface area (Å²) in [6.07, 6.45) is 1.82. The lowest BCUT2D eigenvalue weighted by molar-refractivity contribution is 0.191. The molecule has 0 aromatic heterocycles. The lowest BCUT2D eigenvalue weighted by atomic mass is 10.2. The minimum Gasteiger partial charge on any atom is -0.392 e. The highest BCUT2D eigenvalue weighted by atomic mass is 32.2. The Morgan fingerprint density at radius 2 is 1.82 bits per heavy atom. The van der Waals surface area contributed by atoms with Gasteiger partial charge in [-0.25, -0.2) is 0 Å². The first-order chi connectivity index (χ1) is 8.22. The van der Waals surface area contributed by atoms with Gasteiger partial charge >= 0.3 is 0 Å². The van der Waals surface area contributed by atoms with Gasteiger partial charge in [0.25, 0.3) is 0 Å². The molecule has 0 amide bonds. The van der Waals surface area contributed by atoms with Gasteiger partial charge in [-0.15, -0.1) is 11.8 Å². The number of hydrogen-bond acceptors (Lipinski definition) is 4. The highest BCUT2D eigenvalue weighted by molar-refractivity contribution is 7.98. The molecule has 1 rings (SSSR count). The Morgan fingerprint density at radius 1 is 1.18 bits per heavy atom. The first kappa shape index (κ1) is 14.5. The molecule has 0 saturated heterocycles. The summed E-state index contributed by atoms with van der Waals surface area (Å²) in [6.45, 7) is 5.13. The van der Waals surface area contributed by atoms with Gasteiger partial charge in [0.05, 0.1) is 6.10 Å². The van der Waals surface area contributed by atoms with E-state index in [1.165, 1.54) is 10.5 Å². The second kappa shape index (κ2) is 8.53. The van der Waals surface area contributed by atoms with Gasteiger partial charge in [-0.1, -0.05) is 12.1 Å². The number of hydrogen-bond donors (Lipinski definition) is 3. The predicted octanol–water partition coefficient (Wildman–Crippen LogP) is 1.47. The molecule has 0 aliphatic heterocycles. The zero-order chi connectivity index (χ0) is 12.5. The molecule has 96 valence electrons. The summed E-state index contributed by atoms with van der Waals surface area (Å²) in [5.74, 6) is 0. The van der Waals surface area contributed by atoms with E-state index in [1.807, 2.05) is 0 Å². The van der Waals surface area contributed by atoms with Gasteiger partial charge in [0.15, 0.2) is 0 Å². The molecule has 0 radical (unpaired) electrons. The molecular weight excluding hydrogens is 232 g/mol. The van der Waals surface area contributed by atoms with Crippen LogP contribution in [0.5, 0.6) is 0 Å². The Hall–Kier alpha value is -0.550. The predicted molar refractivity (Wildman–Crippen MR) is 74.5 cm³/mol. The van der Waals surface area contributed by atoms with Crippen molar-refractivity contribution in [2.45, 2.75) is 24.5 Å². The molecule has 0 heterocycles. The Bertz CT molecular complexity index is 301. The molecular formula is C13H22N2OS. The molecule has 4 heteroatoms. The van der Waals surface area contributed by atoms with Gasteiger partial charge in [-0.05, 0) is 30.9 Å². The third-order valence-electron chi connectivity index (χ3n) is 2.41. The van der Waals surface area contributed by atoms with Crippen LogP contribution in [0.25, 0.3) is 0 Å². The van der Waals surface area contributed by atoms with Gasteiger partial charge in [0.1, 0.15) is 0 Å². The second-order valence-electron chi connectivity index (χ2n) is 4.08. The summed E-state index contributed by atoms with van der Waals surface area (Å²) in [4.78, 5) is 1.30. The van der Waals surface area contributed by atoms with Crippen molar-refractivity contribution in [1.29, 1.82) is 0 Å². The smallest absolute Gasteiger partial charge is 0.0636 e. The van der Waals surface area contributed by atoms with Gasteiger partial charge in [0, 0.05) is 31.1 Å². The van der Waals surface area contributed by atoms with E-state index in [1.54, 1.807) is 18.7 Å². The summed E-state index contributed by atoms with van der Waals surface area (Å²) in [6, 6.07) is 8.60. The molecule has 1 aromatic rings. The van der Waals surface area contributed by atoms with Crippen molar-refractivity contribution in [3.63, 3.8) is 0 Å². The van der Waals surface area contributed by atoms with E-state index in [0.29, 0.717) is 6.54 Å². The Morgan fingerprint density at radius 3 is 2.41 bits per heavy atom.